The van der Waals surface area contributed by atoms with Crippen LogP contribution in [0.15, 0.2) is 0 Å². The predicted molar refractivity (Wildman–Crippen MR) is 80.1 cm³/mol. The van der Waals surface area contributed by atoms with Gasteiger partial charge in [-0.05, 0) is 39.5 Å². The van der Waals surface area contributed by atoms with Crippen LogP contribution in [0.2, 0.25) is 6.04 Å². The van der Waals surface area contributed by atoms with E-state index >= 15 is 0 Å². The summed E-state index contributed by atoms with van der Waals surface area (Å²) in [5.41, 5.74) is 0. The molecule has 4 nitrogen and oxygen atoms in total. The van der Waals surface area contributed by atoms with Crippen LogP contribution in [0.5, 0.6) is 0 Å². The third-order valence-electron chi connectivity index (χ3n) is 3.10. The zero-order valence-corrected chi connectivity index (χ0v) is 14.3. The summed E-state index contributed by atoms with van der Waals surface area (Å²) in [7, 11) is -2.48. The number of rotatable bonds is 12. The van der Waals surface area contributed by atoms with E-state index in [0.717, 1.165) is 25.3 Å². The van der Waals surface area contributed by atoms with E-state index in [1.807, 2.05) is 34.6 Å². The number of aliphatic hydroxyl groups excluding tert-OH is 1. The molecule has 19 heavy (non-hydrogen) atoms. The van der Waals surface area contributed by atoms with Crippen molar-refractivity contribution >= 4 is 8.80 Å². The molecule has 0 radical (unpaired) electrons. The van der Waals surface area contributed by atoms with Gasteiger partial charge in [-0.15, -0.1) is 0 Å². The molecule has 0 fully saturated rings. The summed E-state index contributed by atoms with van der Waals surface area (Å²) >= 11 is 0. The van der Waals surface area contributed by atoms with Crippen molar-refractivity contribution in [2.45, 2.75) is 66.0 Å². The lowest BCUT2D eigenvalue weighted by Gasteiger charge is -2.28. The molecule has 0 aliphatic rings. The Morgan fingerprint density at radius 1 is 0.895 bits per heavy atom. The fourth-order valence-electron chi connectivity index (χ4n) is 2.03. The molecule has 0 aliphatic carbocycles. The van der Waals surface area contributed by atoms with Crippen LogP contribution in [-0.2, 0) is 13.3 Å². The van der Waals surface area contributed by atoms with Gasteiger partial charge in [0.2, 0.25) is 0 Å². The van der Waals surface area contributed by atoms with Crippen LogP contribution in [0.25, 0.3) is 0 Å². The summed E-state index contributed by atoms with van der Waals surface area (Å²) in [4.78, 5) is 0. The number of hydrogen-bond acceptors (Lipinski definition) is 4. The quantitative estimate of drug-likeness (QED) is 0.443. The van der Waals surface area contributed by atoms with Gasteiger partial charge in [0, 0.05) is 25.9 Å². The second-order valence-electron chi connectivity index (χ2n) is 5.04. The molecule has 1 N–H and O–H groups in total. The Labute approximate surface area is 119 Å². The van der Waals surface area contributed by atoms with Gasteiger partial charge in [0.05, 0.1) is 6.10 Å². The molecule has 116 valence electrons. The Kier molecular flexibility index (Phi) is 10.8. The van der Waals surface area contributed by atoms with Crippen molar-refractivity contribution in [3.8, 4) is 0 Å². The third kappa shape index (κ3) is 8.04. The van der Waals surface area contributed by atoms with Gasteiger partial charge < -0.3 is 18.4 Å². The van der Waals surface area contributed by atoms with Crippen LogP contribution in [0.3, 0.4) is 0 Å². The van der Waals surface area contributed by atoms with Crippen molar-refractivity contribution in [1.82, 2.24) is 0 Å². The average molecular weight is 292 g/mol. The van der Waals surface area contributed by atoms with E-state index in [0.29, 0.717) is 25.7 Å². The molecule has 0 rings (SSSR count). The summed E-state index contributed by atoms with van der Waals surface area (Å²) in [6.07, 6.45) is 2.60. The zero-order valence-electron chi connectivity index (χ0n) is 13.3. The summed E-state index contributed by atoms with van der Waals surface area (Å²) < 4.78 is 17.4. The summed E-state index contributed by atoms with van der Waals surface area (Å²) in [6.45, 7) is 11.9. The summed E-state index contributed by atoms with van der Waals surface area (Å²) in [5.74, 6) is 0.327. The molecule has 1 atom stereocenters. The van der Waals surface area contributed by atoms with Crippen LogP contribution in [0, 0.1) is 5.92 Å². The minimum atomic E-state index is -2.48. The highest BCUT2D eigenvalue weighted by atomic mass is 28.4. The molecule has 0 spiro atoms. The standard InChI is InChI=1S/C14H32O4Si/c1-6-16-19(17-7-2,18-8-3)12-10-9-11-14(15)13(4)5/h13-15H,6-12H2,1-5H3. The van der Waals surface area contributed by atoms with Gasteiger partial charge in [0.1, 0.15) is 0 Å². The normalized spacial score (nSPS) is 14.1. The number of aliphatic hydroxyl groups is 1. The van der Waals surface area contributed by atoms with E-state index in [-0.39, 0.29) is 6.10 Å². The predicted octanol–water partition coefficient (Wildman–Crippen LogP) is 3.22. The minimum absolute atomic E-state index is 0.206. The summed E-state index contributed by atoms with van der Waals surface area (Å²) in [5, 5.41) is 9.78. The number of unbranched alkanes of at least 4 members (excludes halogenated alkanes) is 1. The van der Waals surface area contributed by atoms with Gasteiger partial charge in [0.25, 0.3) is 0 Å². The first-order valence-corrected chi connectivity index (χ1v) is 9.54. The second-order valence-corrected chi connectivity index (χ2v) is 7.77. The van der Waals surface area contributed by atoms with Crippen molar-refractivity contribution in [3.05, 3.63) is 0 Å². The van der Waals surface area contributed by atoms with Crippen molar-refractivity contribution in [2.75, 3.05) is 19.8 Å². The lowest BCUT2D eigenvalue weighted by Crippen LogP contribution is -2.45. The molecule has 0 aromatic rings. The smallest absolute Gasteiger partial charge is 0.393 e. The van der Waals surface area contributed by atoms with Crippen molar-refractivity contribution in [2.24, 2.45) is 5.92 Å². The average Bonchev–Trinajstić information content (AvgIpc) is 2.35. The molecule has 0 aliphatic heterocycles. The van der Waals surface area contributed by atoms with Gasteiger partial charge >= 0.3 is 8.80 Å². The molecular formula is C14H32O4Si. The Bertz CT molecular complexity index is 195. The molecule has 5 heteroatoms. The highest BCUT2D eigenvalue weighted by molar-refractivity contribution is 6.60. The molecular weight excluding hydrogens is 260 g/mol. The Morgan fingerprint density at radius 2 is 1.37 bits per heavy atom. The molecule has 0 saturated heterocycles. The molecule has 1 unspecified atom stereocenters. The van der Waals surface area contributed by atoms with Crippen LogP contribution < -0.4 is 0 Å². The third-order valence-corrected chi connectivity index (χ3v) is 6.25. The topological polar surface area (TPSA) is 47.9 Å². The second kappa shape index (κ2) is 10.8. The SMILES string of the molecule is CCO[Si](CCCCC(O)C(C)C)(OCC)OCC. The summed E-state index contributed by atoms with van der Waals surface area (Å²) in [6, 6.07) is 0.841. The Balaban J connectivity index is 4.16. The van der Waals surface area contributed by atoms with E-state index < -0.39 is 8.80 Å². The van der Waals surface area contributed by atoms with Crippen LogP contribution in [0.4, 0.5) is 0 Å². The van der Waals surface area contributed by atoms with Gasteiger partial charge in [-0.2, -0.15) is 0 Å². The van der Waals surface area contributed by atoms with E-state index in [1.165, 1.54) is 0 Å². The lowest BCUT2D eigenvalue weighted by atomic mass is 10.0. The molecule has 0 aromatic heterocycles. The van der Waals surface area contributed by atoms with Crippen molar-refractivity contribution in [1.29, 1.82) is 0 Å². The van der Waals surface area contributed by atoms with Crippen LogP contribution in [-0.4, -0.2) is 39.8 Å². The van der Waals surface area contributed by atoms with Crippen LogP contribution in [0.1, 0.15) is 53.9 Å². The van der Waals surface area contributed by atoms with Gasteiger partial charge in [-0.25, -0.2) is 0 Å². The molecule has 0 saturated carbocycles. The van der Waals surface area contributed by atoms with Gasteiger partial charge in [-0.1, -0.05) is 20.3 Å². The lowest BCUT2D eigenvalue weighted by molar-refractivity contribution is 0.0695. The maximum Gasteiger partial charge on any atom is 0.500 e. The highest BCUT2D eigenvalue weighted by Crippen LogP contribution is 2.21. The zero-order chi connectivity index (χ0) is 14.7. The van der Waals surface area contributed by atoms with Gasteiger partial charge in [-0.3, -0.25) is 0 Å². The largest absolute Gasteiger partial charge is 0.500 e. The molecule has 0 amide bonds. The van der Waals surface area contributed by atoms with E-state index in [4.69, 9.17) is 13.3 Å². The van der Waals surface area contributed by atoms with Gasteiger partial charge in [0.15, 0.2) is 0 Å². The fourth-order valence-corrected chi connectivity index (χ4v) is 4.72. The first-order valence-electron chi connectivity index (χ1n) is 7.61. The van der Waals surface area contributed by atoms with E-state index in [2.05, 4.69) is 0 Å². The Morgan fingerprint density at radius 3 is 1.74 bits per heavy atom. The van der Waals surface area contributed by atoms with E-state index in [9.17, 15) is 5.11 Å². The fraction of sp³-hybridized carbons (Fsp3) is 1.00. The first-order chi connectivity index (χ1) is 9.01. The van der Waals surface area contributed by atoms with E-state index in [1.54, 1.807) is 0 Å². The molecule has 0 aromatic carbocycles. The number of hydrogen-bond donors (Lipinski definition) is 1. The Hall–Kier alpha value is 0.0569. The maximum absolute atomic E-state index is 9.78. The first kappa shape index (κ1) is 19.1. The highest BCUT2D eigenvalue weighted by Gasteiger charge is 2.39. The van der Waals surface area contributed by atoms with Crippen LogP contribution >= 0.6 is 0 Å². The molecule has 0 bridgehead atoms. The maximum atomic E-state index is 9.78. The monoisotopic (exact) mass is 292 g/mol. The van der Waals surface area contributed by atoms with Crippen molar-refractivity contribution in [3.63, 3.8) is 0 Å². The molecule has 0 heterocycles. The van der Waals surface area contributed by atoms with Crippen molar-refractivity contribution < 1.29 is 18.4 Å². The minimum Gasteiger partial charge on any atom is -0.393 e.